The molecule has 2 aromatic rings. The first kappa shape index (κ1) is 13.3. The van der Waals surface area contributed by atoms with Crippen LogP contribution >= 0.6 is 22.6 Å². The van der Waals surface area contributed by atoms with E-state index in [0.717, 1.165) is 9.26 Å². The molecule has 0 atom stereocenters. The maximum Gasteiger partial charge on any atom is 0.227 e. The number of anilines is 2. The maximum absolute atomic E-state index is 4.29. The molecule has 0 spiro atoms. The first-order valence-corrected chi connectivity index (χ1v) is 7.00. The zero-order valence-corrected chi connectivity index (χ0v) is 12.9. The molecule has 0 radical (unpaired) electrons. The average Bonchev–Trinajstić information content (AvgIpc) is 2.34. The SMILES string of the molecule is Cc1cccc(C(C)C)c1Nc1ncc(I)cn1. The smallest absolute Gasteiger partial charge is 0.227 e. The second kappa shape index (κ2) is 5.65. The minimum absolute atomic E-state index is 0.469. The number of benzene rings is 1. The first-order valence-electron chi connectivity index (χ1n) is 5.92. The van der Waals surface area contributed by atoms with Crippen molar-refractivity contribution < 1.29 is 0 Å². The zero-order valence-electron chi connectivity index (χ0n) is 10.7. The van der Waals surface area contributed by atoms with Crippen LogP contribution in [0.3, 0.4) is 0 Å². The molecular formula is C14H16IN3. The molecule has 1 heterocycles. The number of nitrogens with zero attached hydrogens (tertiary/aromatic N) is 2. The fourth-order valence-corrected chi connectivity index (χ4v) is 2.11. The molecule has 0 fully saturated rings. The monoisotopic (exact) mass is 353 g/mol. The van der Waals surface area contributed by atoms with E-state index in [-0.39, 0.29) is 0 Å². The van der Waals surface area contributed by atoms with Crippen molar-refractivity contribution in [3.8, 4) is 0 Å². The molecule has 18 heavy (non-hydrogen) atoms. The van der Waals surface area contributed by atoms with Gasteiger partial charge in [-0.25, -0.2) is 9.97 Å². The van der Waals surface area contributed by atoms with Gasteiger partial charge >= 0.3 is 0 Å². The number of aromatic nitrogens is 2. The number of nitrogens with one attached hydrogen (secondary N) is 1. The molecule has 3 nitrogen and oxygen atoms in total. The molecule has 0 aliphatic heterocycles. The van der Waals surface area contributed by atoms with Gasteiger partial charge in [0, 0.05) is 21.7 Å². The van der Waals surface area contributed by atoms with Crippen LogP contribution in [-0.2, 0) is 0 Å². The Morgan fingerprint density at radius 2 is 1.83 bits per heavy atom. The van der Waals surface area contributed by atoms with Crippen molar-refractivity contribution in [2.45, 2.75) is 26.7 Å². The van der Waals surface area contributed by atoms with Gasteiger partial charge in [0.2, 0.25) is 5.95 Å². The molecule has 1 N–H and O–H groups in total. The van der Waals surface area contributed by atoms with E-state index in [4.69, 9.17) is 0 Å². The minimum atomic E-state index is 0.469. The van der Waals surface area contributed by atoms with E-state index in [0.29, 0.717) is 11.9 Å². The van der Waals surface area contributed by atoms with Gasteiger partial charge in [0.05, 0.1) is 0 Å². The fraction of sp³-hybridized carbons (Fsp3) is 0.286. The predicted molar refractivity (Wildman–Crippen MR) is 83.3 cm³/mol. The Morgan fingerprint density at radius 1 is 1.17 bits per heavy atom. The molecule has 0 aliphatic rings. The summed E-state index contributed by atoms with van der Waals surface area (Å²) in [6.07, 6.45) is 3.62. The highest BCUT2D eigenvalue weighted by Crippen LogP contribution is 2.29. The Morgan fingerprint density at radius 3 is 2.44 bits per heavy atom. The van der Waals surface area contributed by atoms with Crippen molar-refractivity contribution in [2.75, 3.05) is 5.32 Å². The molecule has 2 rings (SSSR count). The van der Waals surface area contributed by atoms with Gasteiger partial charge in [0.15, 0.2) is 0 Å². The van der Waals surface area contributed by atoms with E-state index in [9.17, 15) is 0 Å². The van der Waals surface area contributed by atoms with Crippen LogP contribution in [0, 0.1) is 10.5 Å². The lowest BCUT2D eigenvalue weighted by Gasteiger charge is -2.16. The fourth-order valence-electron chi connectivity index (χ4n) is 1.83. The summed E-state index contributed by atoms with van der Waals surface area (Å²) in [5, 5.41) is 3.32. The molecule has 1 aromatic carbocycles. The Labute approximate surface area is 121 Å². The van der Waals surface area contributed by atoms with Crippen LogP contribution in [-0.4, -0.2) is 9.97 Å². The highest BCUT2D eigenvalue weighted by Gasteiger charge is 2.10. The van der Waals surface area contributed by atoms with Gasteiger partial charge in [-0.15, -0.1) is 0 Å². The lowest BCUT2D eigenvalue weighted by molar-refractivity contribution is 0.866. The van der Waals surface area contributed by atoms with Gasteiger partial charge in [-0.05, 0) is 46.6 Å². The Hall–Kier alpha value is -1.17. The molecule has 0 bridgehead atoms. The standard InChI is InChI=1S/C14H16IN3/c1-9(2)12-6-4-5-10(3)13(12)18-14-16-7-11(15)8-17-14/h4-9H,1-3H3,(H,16,17,18). The van der Waals surface area contributed by atoms with E-state index in [1.807, 2.05) is 12.4 Å². The summed E-state index contributed by atoms with van der Waals surface area (Å²) in [5.41, 5.74) is 3.62. The average molecular weight is 353 g/mol. The van der Waals surface area contributed by atoms with Crippen molar-refractivity contribution in [2.24, 2.45) is 0 Å². The first-order chi connectivity index (χ1) is 8.58. The van der Waals surface area contributed by atoms with E-state index in [1.54, 1.807) is 0 Å². The number of hydrogen-bond acceptors (Lipinski definition) is 3. The molecule has 0 saturated heterocycles. The summed E-state index contributed by atoms with van der Waals surface area (Å²) in [4.78, 5) is 8.57. The van der Waals surface area contributed by atoms with Crippen LogP contribution in [0.5, 0.6) is 0 Å². The second-order valence-electron chi connectivity index (χ2n) is 4.54. The highest BCUT2D eigenvalue weighted by atomic mass is 127. The van der Waals surface area contributed by atoms with Crippen LogP contribution in [0.15, 0.2) is 30.6 Å². The zero-order chi connectivity index (χ0) is 13.1. The van der Waals surface area contributed by atoms with Crippen LogP contribution in [0.4, 0.5) is 11.6 Å². The van der Waals surface area contributed by atoms with E-state index in [2.05, 4.69) is 76.8 Å². The van der Waals surface area contributed by atoms with Crippen molar-refractivity contribution in [1.29, 1.82) is 0 Å². The second-order valence-corrected chi connectivity index (χ2v) is 5.79. The van der Waals surface area contributed by atoms with Gasteiger partial charge in [0.1, 0.15) is 0 Å². The van der Waals surface area contributed by atoms with Gasteiger partial charge in [-0.2, -0.15) is 0 Å². The molecule has 4 heteroatoms. The Bertz CT molecular complexity index is 535. The van der Waals surface area contributed by atoms with E-state index < -0.39 is 0 Å². The summed E-state index contributed by atoms with van der Waals surface area (Å²) in [6.45, 7) is 6.48. The quantitative estimate of drug-likeness (QED) is 0.838. The maximum atomic E-state index is 4.29. The largest absolute Gasteiger partial charge is 0.324 e. The van der Waals surface area contributed by atoms with Crippen LogP contribution in [0.25, 0.3) is 0 Å². The van der Waals surface area contributed by atoms with Gasteiger partial charge < -0.3 is 5.32 Å². The third-order valence-corrected chi connectivity index (χ3v) is 3.34. The van der Waals surface area contributed by atoms with Crippen LogP contribution in [0.2, 0.25) is 0 Å². The Kier molecular flexibility index (Phi) is 4.16. The number of rotatable bonds is 3. The number of aryl methyl sites for hydroxylation is 1. The van der Waals surface area contributed by atoms with Crippen LogP contribution in [0.1, 0.15) is 30.9 Å². The number of halogens is 1. The highest BCUT2D eigenvalue weighted by molar-refractivity contribution is 14.1. The third kappa shape index (κ3) is 2.98. The number of hydrogen-bond donors (Lipinski definition) is 1. The molecular weight excluding hydrogens is 337 g/mol. The normalized spacial score (nSPS) is 10.7. The molecule has 0 aliphatic carbocycles. The summed E-state index contributed by atoms with van der Waals surface area (Å²) in [7, 11) is 0. The third-order valence-electron chi connectivity index (χ3n) is 2.78. The molecule has 0 amide bonds. The van der Waals surface area contributed by atoms with Crippen molar-refractivity contribution in [3.05, 3.63) is 45.3 Å². The van der Waals surface area contributed by atoms with Gasteiger partial charge in [-0.3, -0.25) is 0 Å². The summed E-state index contributed by atoms with van der Waals surface area (Å²) in [6, 6.07) is 6.33. The summed E-state index contributed by atoms with van der Waals surface area (Å²) < 4.78 is 1.03. The number of para-hydroxylation sites is 1. The van der Waals surface area contributed by atoms with Crippen molar-refractivity contribution >= 4 is 34.2 Å². The predicted octanol–water partition coefficient (Wildman–Crippen LogP) is 4.26. The molecule has 94 valence electrons. The van der Waals surface area contributed by atoms with Crippen molar-refractivity contribution in [1.82, 2.24) is 9.97 Å². The van der Waals surface area contributed by atoms with E-state index >= 15 is 0 Å². The lowest BCUT2D eigenvalue weighted by atomic mass is 9.98. The van der Waals surface area contributed by atoms with Crippen molar-refractivity contribution in [3.63, 3.8) is 0 Å². The molecule has 0 saturated carbocycles. The topological polar surface area (TPSA) is 37.8 Å². The van der Waals surface area contributed by atoms with Gasteiger partial charge in [-0.1, -0.05) is 32.0 Å². The Balaban J connectivity index is 2.36. The van der Waals surface area contributed by atoms with E-state index in [1.165, 1.54) is 11.1 Å². The van der Waals surface area contributed by atoms with Crippen LogP contribution < -0.4 is 5.32 Å². The molecule has 1 aromatic heterocycles. The lowest BCUT2D eigenvalue weighted by Crippen LogP contribution is -2.03. The summed E-state index contributed by atoms with van der Waals surface area (Å²) in [5.74, 6) is 1.11. The molecule has 0 unspecified atom stereocenters. The minimum Gasteiger partial charge on any atom is -0.324 e. The van der Waals surface area contributed by atoms with Gasteiger partial charge in [0.25, 0.3) is 0 Å². The summed E-state index contributed by atoms with van der Waals surface area (Å²) >= 11 is 2.20.